The van der Waals surface area contributed by atoms with E-state index < -0.39 is 0 Å². The minimum Gasteiger partial charge on any atom is -0.501 e. The van der Waals surface area contributed by atoms with Gasteiger partial charge in [-0.1, -0.05) is 18.2 Å². The lowest BCUT2D eigenvalue weighted by Gasteiger charge is -2.28. The van der Waals surface area contributed by atoms with Gasteiger partial charge >= 0.3 is 0 Å². The molecule has 100 valence electrons. The van der Waals surface area contributed by atoms with Crippen molar-refractivity contribution in [1.29, 1.82) is 5.26 Å². The number of allylic oxidation sites excluding steroid dienone is 1. The molecule has 0 N–H and O–H groups in total. The number of ether oxygens (including phenoxy) is 1. The molecule has 0 heterocycles. The van der Waals surface area contributed by atoms with E-state index >= 15 is 0 Å². The average molecular weight is 255 g/mol. The molecule has 1 aromatic carbocycles. The van der Waals surface area contributed by atoms with Crippen LogP contribution in [0, 0.1) is 17.2 Å². The smallest absolute Gasteiger partial charge is 0.0991 e. The standard InChI is InChI=1S/C17H21NO/c1-2-11-19-13-15-5-9-17(10-6-15)16-7-3-14(12-18)4-8-16/h2-4,7-8,11,15,17H,5-6,9-10,13H2,1H3/b11-2+. The molecule has 1 saturated carbocycles. The Labute approximate surface area is 115 Å². The van der Waals surface area contributed by atoms with Gasteiger partial charge < -0.3 is 4.74 Å². The molecule has 2 rings (SSSR count). The first-order valence-corrected chi connectivity index (χ1v) is 7.06. The summed E-state index contributed by atoms with van der Waals surface area (Å²) in [4.78, 5) is 0. The van der Waals surface area contributed by atoms with Crippen LogP contribution < -0.4 is 0 Å². The van der Waals surface area contributed by atoms with Crippen molar-refractivity contribution in [3.05, 3.63) is 47.7 Å². The molecular formula is C17H21NO. The highest BCUT2D eigenvalue weighted by Crippen LogP contribution is 2.35. The van der Waals surface area contributed by atoms with E-state index in [4.69, 9.17) is 10.00 Å². The zero-order valence-corrected chi connectivity index (χ0v) is 11.5. The van der Waals surface area contributed by atoms with Gasteiger partial charge in [-0.05, 0) is 62.1 Å². The minimum absolute atomic E-state index is 0.658. The van der Waals surface area contributed by atoms with Crippen LogP contribution >= 0.6 is 0 Å². The van der Waals surface area contributed by atoms with Crippen LogP contribution in [0.3, 0.4) is 0 Å². The number of rotatable bonds is 4. The van der Waals surface area contributed by atoms with Gasteiger partial charge in [0.25, 0.3) is 0 Å². The largest absolute Gasteiger partial charge is 0.501 e. The summed E-state index contributed by atoms with van der Waals surface area (Å²) >= 11 is 0. The fraction of sp³-hybridized carbons (Fsp3) is 0.471. The summed E-state index contributed by atoms with van der Waals surface area (Å²) in [6.45, 7) is 2.83. The monoisotopic (exact) mass is 255 g/mol. The first kappa shape index (κ1) is 13.7. The lowest BCUT2D eigenvalue weighted by Crippen LogP contribution is -2.17. The van der Waals surface area contributed by atoms with Crippen LogP contribution in [-0.4, -0.2) is 6.61 Å². The maximum absolute atomic E-state index is 8.81. The number of nitrogens with zero attached hydrogens (tertiary/aromatic N) is 1. The van der Waals surface area contributed by atoms with E-state index in [0.717, 1.165) is 12.2 Å². The van der Waals surface area contributed by atoms with Gasteiger partial charge in [0.2, 0.25) is 0 Å². The third kappa shape index (κ3) is 3.86. The Morgan fingerprint density at radius 2 is 1.89 bits per heavy atom. The van der Waals surface area contributed by atoms with Gasteiger partial charge in [0.15, 0.2) is 0 Å². The van der Waals surface area contributed by atoms with E-state index in [9.17, 15) is 0 Å². The molecule has 0 unspecified atom stereocenters. The van der Waals surface area contributed by atoms with Crippen molar-refractivity contribution >= 4 is 0 Å². The molecule has 0 aromatic heterocycles. The normalized spacial score (nSPS) is 23.2. The van der Waals surface area contributed by atoms with Crippen LogP contribution in [-0.2, 0) is 4.74 Å². The first-order chi connectivity index (χ1) is 9.33. The topological polar surface area (TPSA) is 33.0 Å². The number of hydrogen-bond acceptors (Lipinski definition) is 2. The van der Waals surface area contributed by atoms with E-state index in [1.165, 1.54) is 31.2 Å². The SMILES string of the molecule is C/C=C/OCC1CCC(c2ccc(C#N)cc2)CC1. The maximum Gasteiger partial charge on any atom is 0.0991 e. The van der Waals surface area contributed by atoms with Gasteiger partial charge in [-0.25, -0.2) is 0 Å². The van der Waals surface area contributed by atoms with Crippen molar-refractivity contribution < 1.29 is 4.74 Å². The molecule has 1 aromatic rings. The van der Waals surface area contributed by atoms with Crippen LogP contribution in [0.25, 0.3) is 0 Å². The highest BCUT2D eigenvalue weighted by molar-refractivity contribution is 5.33. The van der Waals surface area contributed by atoms with E-state index in [-0.39, 0.29) is 0 Å². The molecule has 19 heavy (non-hydrogen) atoms. The minimum atomic E-state index is 0.658. The van der Waals surface area contributed by atoms with Crippen LogP contribution in [0.15, 0.2) is 36.6 Å². The Balaban J connectivity index is 1.83. The molecule has 1 aliphatic rings. The number of benzene rings is 1. The van der Waals surface area contributed by atoms with Crippen molar-refractivity contribution in [2.45, 2.75) is 38.5 Å². The Hall–Kier alpha value is -1.75. The van der Waals surface area contributed by atoms with Crippen LogP contribution in [0.4, 0.5) is 0 Å². The van der Waals surface area contributed by atoms with Gasteiger partial charge in [0.1, 0.15) is 0 Å². The molecule has 0 amide bonds. The second kappa shape index (κ2) is 6.99. The summed E-state index contributed by atoms with van der Waals surface area (Å²) in [6.07, 6.45) is 8.66. The summed E-state index contributed by atoms with van der Waals surface area (Å²) in [7, 11) is 0. The van der Waals surface area contributed by atoms with Crippen molar-refractivity contribution in [2.75, 3.05) is 6.61 Å². The van der Waals surface area contributed by atoms with Crippen LogP contribution in [0.5, 0.6) is 0 Å². The van der Waals surface area contributed by atoms with E-state index in [0.29, 0.717) is 11.8 Å². The molecular weight excluding hydrogens is 234 g/mol. The fourth-order valence-electron chi connectivity index (χ4n) is 2.78. The zero-order chi connectivity index (χ0) is 13.5. The van der Waals surface area contributed by atoms with Crippen molar-refractivity contribution in [3.8, 4) is 6.07 Å². The highest BCUT2D eigenvalue weighted by Gasteiger charge is 2.22. The highest BCUT2D eigenvalue weighted by atomic mass is 16.5. The molecule has 0 bridgehead atoms. The molecule has 0 saturated heterocycles. The summed E-state index contributed by atoms with van der Waals surface area (Å²) < 4.78 is 5.48. The van der Waals surface area contributed by atoms with E-state index in [1.807, 2.05) is 25.1 Å². The van der Waals surface area contributed by atoms with Crippen LogP contribution in [0.1, 0.15) is 49.7 Å². The average Bonchev–Trinajstić information content (AvgIpc) is 2.48. The predicted octanol–water partition coefficient (Wildman–Crippen LogP) is 4.38. The summed E-state index contributed by atoms with van der Waals surface area (Å²) in [5.74, 6) is 1.36. The van der Waals surface area contributed by atoms with Crippen molar-refractivity contribution in [1.82, 2.24) is 0 Å². The number of nitriles is 1. The van der Waals surface area contributed by atoms with E-state index in [1.54, 1.807) is 6.26 Å². The lowest BCUT2D eigenvalue weighted by atomic mass is 9.79. The van der Waals surface area contributed by atoms with Gasteiger partial charge in [0, 0.05) is 0 Å². The second-order valence-electron chi connectivity index (χ2n) is 5.25. The summed E-state index contributed by atoms with van der Waals surface area (Å²) in [6, 6.07) is 10.2. The molecule has 0 spiro atoms. The lowest BCUT2D eigenvalue weighted by molar-refractivity contribution is 0.159. The Morgan fingerprint density at radius 1 is 1.21 bits per heavy atom. The fourth-order valence-corrected chi connectivity index (χ4v) is 2.78. The molecule has 2 heteroatoms. The summed E-state index contributed by atoms with van der Waals surface area (Å²) in [5, 5.41) is 8.81. The Morgan fingerprint density at radius 3 is 2.47 bits per heavy atom. The Bertz CT molecular complexity index is 447. The Kier molecular flexibility index (Phi) is 5.03. The third-order valence-electron chi connectivity index (χ3n) is 3.92. The van der Waals surface area contributed by atoms with Gasteiger partial charge in [-0.15, -0.1) is 0 Å². The molecule has 1 aliphatic carbocycles. The maximum atomic E-state index is 8.81. The molecule has 1 fully saturated rings. The first-order valence-electron chi connectivity index (χ1n) is 7.06. The van der Waals surface area contributed by atoms with Gasteiger partial charge in [-0.2, -0.15) is 5.26 Å². The third-order valence-corrected chi connectivity index (χ3v) is 3.92. The molecule has 2 nitrogen and oxygen atoms in total. The van der Waals surface area contributed by atoms with Crippen LogP contribution in [0.2, 0.25) is 0 Å². The quantitative estimate of drug-likeness (QED) is 0.748. The van der Waals surface area contributed by atoms with Crippen molar-refractivity contribution in [3.63, 3.8) is 0 Å². The van der Waals surface area contributed by atoms with Crippen molar-refractivity contribution in [2.24, 2.45) is 5.92 Å². The molecule has 0 aliphatic heterocycles. The number of hydrogen-bond donors (Lipinski definition) is 0. The summed E-state index contributed by atoms with van der Waals surface area (Å²) in [5.41, 5.74) is 2.13. The zero-order valence-electron chi connectivity index (χ0n) is 11.5. The molecule has 0 radical (unpaired) electrons. The molecule has 0 atom stereocenters. The predicted molar refractivity (Wildman–Crippen MR) is 76.6 cm³/mol. The second-order valence-corrected chi connectivity index (χ2v) is 5.25. The van der Waals surface area contributed by atoms with E-state index in [2.05, 4.69) is 18.2 Å². The van der Waals surface area contributed by atoms with Gasteiger partial charge in [-0.3, -0.25) is 0 Å². The van der Waals surface area contributed by atoms with Gasteiger partial charge in [0.05, 0.1) is 24.5 Å².